The Kier molecular flexibility index (Phi) is 7.10. The number of rotatable bonds is 8. The molecule has 9 nitrogen and oxygen atoms in total. The van der Waals surface area contributed by atoms with Crippen LogP contribution in [-0.2, 0) is 14.8 Å². The van der Waals surface area contributed by atoms with Crippen LogP contribution in [0.2, 0.25) is 5.02 Å². The third kappa shape index (κ3) is 5.36. The maximum atomic E-state index is 13.0. The van der Waals surface area contributed by atoms with Crippen LogP contribution in [0.15, 0.2) is 77.7 Å². The zero-order valence-corrected chi connectivity index (χ0v) is 18.7. The van der Waals surface area contributed by atoms with E-state index in [1.54, 1.807) is 30.3 Å². The van der Waals surface area contributed by atoms with E-state index >= 15 is 0 Å². The molecule has 0 aromatic heterocycles. The maximum absolute atomic E-state index is 13.0. The molecule has 170 valence electrons. The van der Waals surface area contributed by atoms with Gasteiger partial charge in [-0.05, 0) is 30.3 Å². The molecule has 0 aliphatic heterocycles. The molecule has 0 spiro atoms. The third-order valence-corrected chi connectivity index (χ3v) is 6.91. The van der Waals surface area contributed by atoms with Crippen LogP contribution >= 0.6 is 11.6 Å². The summed E-state index contributed by atoms with van der Waals surface area (Å²) in [6, 6.07) is 16.9. The first-order valence-electron chi connectivity index (χ1n) is 9.39. The molecule has 0 radical (unpaired) electrons. The molecule has 0 fully saturated rings. The summed E-state index contributed by atoms with van der Waals surface area (Å²) in [5.41, 5.74) is -0.0153. The summed E-state index contributed by atoms with van der Waals surface area (Å²) in [5.74, 6) is -1.61. The van der Waals surface area contributed by atoms with Crippen LogP contribution in [0.1, 0.15) is 20.7 Å². The van der Waals surface area contributed by atoms with Gasteiger partial charge in [-0.3, -0.25) is 19.2 Å². The molecule has 3 aromatic carbocycles. The molecule has 0 unspecified atom stereocenters. The van der Waals surface area contributed by atoms with Crippen molar-refractivity contribution >= 4 is 44.8 Å². The summed E-state index contributed by atoms with van der Waals surface area (Å²) in [7, 11) is -2.75. The molecule has 3 rings (SSSR count). The molecule has 0 N–H and O–H groups in total. The van der Waals surface area contributed by atoms with Gasteiger partial charge in [0.15, 0.2) is 6.61 Å². The van der Waals surface area contributed by atoms with Crippen molar-refractivity contribution in [1.29, 1.82) is 0 Å². The van der Waals surface area contributed by atoms with Gasteiger partial charge in [0.05, 0.1) is 21.2 Å². The van der Waals surface area contributed by atoms with Crippen molar-refractivity contribution in [2.75, 3.05) is 18.0 Å². The van der Waals surface area contributed by atoms with Gasteiger partial charge < -0.3 is 4.74 Å². The van der Waals surface area contributed by atoms with Crippen LogP contribution in [-0.4, -0.2) is 38.7 Å². The first-order chi connectivity index (χ1) is 15.6. The number of nitro benzene ring substituents is 1. The lowest BCUT2D eigenvalue weighted by molar-refractivity contribution is -0.384. The molecule has 11 heteroatoms. The predicted molar refractivity (Wildman–Crippen MR) is 121 cm³/mol. The van der Waals surface area contributed by atoms with Crippen LogP contribution in [0.4, 0.5) is 11.4 Å². The Hall–Kier alpha value is -3.76. The minimum atomic E-state index is -4.10. The Balaban J connectivity index is 1.78. The minimum absolute atomic E-state index is 0.000795. The van der Waals surface area contributed by atoms with Gasteiger partial charge in [-0.1, -0.05) is 41.9 Å². The predicted octanol–water partition coefficient (Wildman–Crippen LogP) is 4.11. The van der Waals surface area contributed by atoms with Crippen LogP contribution < -0.4 is 4.31 Å². The number of carbonyl (C=O) groups is 2. The second kappa shape index (κ2) is 9.80. The van der Waals surface area contributed by atoms with E-state index in [1.165, 1.54) is 37.4 Å². The highest BCUT2D eigenvalue weighted by Crippen LogP contribution is 2.28. The van der Waals surface area contributed by atoms with Crippen molar-refractivity contribution in [3.63, 3.8) is 0 Å². The summed E-state index contributed by atoms with van der Waals surface area (Å²) in [6.45, 7) is -0.686. The van der Waals surface area contributed by atoms with Gasteiger partial charge in [-0.15, -0.1) is 0 Å². The highest BCUT2D eigenvalue weighted by Gasteiger charge is 2.26. The number of ketones is 1. The molecule has 0 heterocycles. The Morgan fingerprint density at radius 2 is 1.70 bits per heavy atom. The van der Waals surface area contributed by atoms with Gasteiger partial charge in [-0.25, -0.2) is 13.2 Å². The van der Waals surface area contributed by atoms with E-state index in [1.807, 2.05) is 0 Å². The Bertz CT molecular complexity index is 1330. The molecule has 0 bridgehead atoms. The number of benzene rings is 3. The number of nitrogens with zero attached hydrogens (tertiary/aromatic N) is 2. The quantitative estimate of drug-likeness (QED) is 0.202. The zero-order valence-electron chi connectivity index (χ0n) is 17.2. The number of Topliss-reactive ketones (excluding diaryl/α,β-unsaturated/α-hetero) is 1. The molecule has 0 amide bonds. The monoisotopic (exact) mass is 488 g/mol. The standard InChI is InChI=1S/C22H17ClN2O7S/c1-24(17-7-3-2-4-8-17)33(30,31)21-13-16(10-11-19(21)23)22(27)32-14-20(26)15-6-5-9-18(12-15)25(28)29/h2-13H,14H2,1H3. The van der Waals surface area contributed by atoms with Crippen molar-refractivity contribution in [2.45, 2.75) is 4.90 Å². The smallest absolute Gasteiger partial charge is 0.338 e. The van der Waals surface area contributed by atoms with Gasteiger partial charge in [-0.2, -0.15) is 0 Å². The first kappa shape index (κ1) is 23.9. The lowest BCUT2D eigenvalue weighted by atomic mass is 10.1. The molecule has 0 saturated carbocycles. The maximum Gasteiger partial charge on any atom is 0.338 e. The van der Waals surface area contributed by atoms with Crippen LogP contribution in [0.25, 0.3) is 0 Å². The van der Waals surface area contributed by atoms with E-state index in [9.17, 15) is 28.1 Å². The second-order valence-electron chi connectivity index (χ2n) is 6.76. The molecule has 3 aromatic rings. The molecular formula is C22H17ClN2O7S. The average molecular weight is 489 g/mol. The third-order valence-electron chi connectivity index (χ3n) is 4.64. The van der Waals surface area contributed by atoms with Crippen molar-refractivity contribution < 1.29 is 27.7 Å². The molecule has 0 aliphatic rings. The van der Waals surface area contributed by atoms with Crippen molar-refractivity contribution in [1.82, 2.24) is 0 Å². The summed E-state index contributed by atoms with van der Waals surface area (Å²) in [5, 5.41) is 10.8. The van der Waals surface area contributed by atoms with Crippen LogP contribution in [0.5, 0.6) is 0 Å². The number of esters is 1. The number of ether oxygens (including phenoxy) is 1. The molecule has 0 aliphatic carbocycles. The number of hydrogen-bond acceptors (Lipinski definition) is 7. The Morgan fingerprint density at radius 1 is 1.00 bits per heavy atom. The van der Waals surface area contributed by atoms with Crippen LogP contribution in [0.3, 0.4) is 0 Å². The summed E-state index contributed by atoms with van der Waals surface area (Å²) < 4.78 is 32.1. The molecule has 0 saturated heterocycles. The van der Waals surface area contributed by atoms with Crippen molar-refractivity contribution in [3.05, 3.63) is 99.1 Å². The zero-order chi connectivity index (χ0) is 24.2. The SMILES string of the molecule is CN(c1ccccc1)S(=O)(=O)c1cc(C(=O)OCC(=O)c2cccc([N+](=O)[O-])c2)ccc1Cl. The highest BCUT2D eigenvalue weighted by atomic mass is 35.5. The Labute approximate surface area is 194 Å². The van der Waals surface area contributed by atoms with E-state index in [0.717, 1.165) is 16.4 Å². The number of hydrogen-bond donors (Lipinski definition) is 0. The van der Waals surface area contributed by atoms with E-state index in [0.29, 0.717) is 5.69 Å². The first-order valence-corrected chi connectivity index (χ1v) is 11.2. The lowest BCUT2D eigenvalue weighted by Crippen LogP contribution is -2.27. The molecular weight excluding hydrogens is 472 g/mol. The number of para-hydroxylation sites is 1. The minimum Gasteiger partial charge on any atom is -0.454 e. The van der Waals surface area contributed by atoms with E-state index in [4.69, 9.17) is 16.3 Å². The van der Waals surface area contributed by atoms with E-state index in [2.05, 4.69) is 0 Å². The van der Waals surface area contributed by atoms with Crippen molar-refractivity contribution in [2.24, 2.45) is 0 Å². The topological polar surface area (TPSA) is 124 Å². The number of anilines is 1. The lowest BCUT2D eigenvalue weighted by Gasteiger charge is -2.20. The van der Waals surface area contributed by atoms with Gasteiger partial charge in [0.2, 0.25) is 5.78 Å². The molecule has 0 atom stereocenters. The average Bonchev–Trinajstić information content (AvgIpc) is 2.82. The highest BCUT2D eigenvalue weighted by molar-refractivity contribution is 7.93. The number of sulfonamides is 1. The number of non-ortho nitro benzene ring substituents is 1. The van der Waals surface area contributed by atoms with Gasteiger partial charge >= 0.3 is 5.97 Å². The van der Waals surface area contributed by atoms with Crippen LogP contribution in [0, 0.1) is 10.1 Å². The van der Waals surface area contributed by atoms with E-state index in [-0.39, 0.29) is 26.7 Å². The fourth-order valence-corrected chi connectivity index (χ4v) is 4.54. The number of halogens is 1. The van der Waals surface area contributed by atoms with E-state index < -0.39 is 33.3 Å². The van der Waals surface area contributed by atoms with Gasteiger partial charge in [0.1, 0.15) is 4.90 Å². The number of nitro groups is 1. The van der Waals surface area contributed by atoms with Crippen molar-refractivity contribution in [3.8, 4) is 0 Å². The Morgan fingerprint density at radius 3 is 2.36 bits per heavy atom. The summed E-state index contributed by atoms with van der Waals surface area (Å²) in [4.78, 5) is 34.6. The van der Waals surface area contributed by atoms with Gasteiger partial charge in [0.25, 0.3) is 15.7 Å². The molecule has 33 heavy (non-hydrogen) atoms. The second-order valence-corrected chi connectivity index (χ2v) is 9.10. The largest absolute Gasteiger partial charge is 0.454 e. The summed E-state index contributed by atoms with van der Waals surface area (Å²) >= 11 is 6.10. The fourth-order valence-electron chi connectivity index (χ4n) is 2.84. The fraction of sp³-hybridized carbons (Fsp3) is 0.0909. The summed E-state index contributed by atoms with van der Waals surface area (Å²) in [6.07, 6.45) is 0. The number of carbonyl (C=O) groups excluding carboxylic acids is 2. The van der Waals surface area contributed by atoms with Gasteiger partial charge in [0, 0.05) is 24.7 Å². The normalized spacial score (nSPS) is 11.0.